The second kappa shape index (κ2) is 8.60. The van der Waals surface area contributed by atoms with E-state index in [0.29, 0.717) is 61.3 Å². The first-order valence-electron chi connectivity index (χ1n) is 10.7. The number of aromatic nitrogens is 4. The van der Waals surface area contributed by atoms with Crippen LogP contribution in [0.1, 0.15) is 24.4 Å². The number of amides is 1. The summed E-state index contributed by atoms with van der Waals surface area (Å²) in [6.45, 7) is 2.25. The molecule has 3 N–H and O–H groups in total. The number of hydrogen-bond acceptors (Lipinski definition) is 8. The molecule has 0 aliphatic carbocycles. The minimum Gasteiger partial charge on any atom is -0.386 e. The lowest BCUT2D eigenvalue weighted by Crippen LogP contribution is -2.32. The monoisotopic (exact) mass is 439 g/mol. The normalized spacial score (nSPS) is 17.6. The van der Waals surface area contributed by atoms with Crippen LogP contribution in [0.4, 0.5) is 22.0 Å². The molecule has 0 radical (unpaired) electrons. The summed E-state index contributed by atoms with van der Waals surface area (Å²) in [7, 11) is 1.77. The minimum absolute atomic E-state index is 0.0691. The average molecular weight is 439 g/mol. The van der Waals surface area contributed by atoms with Crippen LogP contribution in [0, 0.1) is 0 Å². The number of rotatable bonds is 2. The van der Waals surface area contributed by atoms with E-state index in [1.807, 2.05) is 6.20 Å². The molecule has 168 valence electrons. The number of hydrogen-bond donors (Lipinski definition) is 3. The Morgan fingerprint density at radius 2 is 2.00 bits per heavy atom. The van der Waals surface area contributed by atoms with Crippen molar-refractivity contribution in [2.24, 2.45) is 0 Å². The summed E-state index contributed by atoms with van der Waals surface area (Å²) in [6.07, 6.45) is 4.85. The standard InChI is InChI=1S/C21H25N7O4/c1-22-15-9-17-25-16-8-13(10-27(20(16)29)14-2-5-31-6-3-14)11-32-7-4-23-21(30)28-12-24-18(15)19(28)26-17/h8-10,12,14H,2-7,11H2,1H3,(H,23,30)(H2,22,25,26). The number of carbonyl (C=O) groups is 1. The molecule has 0 spiro atoms. The van der Waals surface area contributed by atoms with Gasteiger partial charge in [-0.1, -0.05) is 0 Å². The molecule has 11 nitrogen and oxygen atoms in total. The Morgan fingerprint density at radius 3 is 2.81 bits per heavy atom. The minimum atomic E-state index is -0.347. The lowest BCUT2D eigenvalue weighted by Gasteiger charge is -2.25. The van der Waals surface area contributed by atoms with Crippen molar-refractivity contribution in [1.82, 2.24) is 24.4 Å². The molecular formula is C21H25N7O4. The summed E-state index contributed by atoms with van der Waals surface area (Å²) in [5, 5.41) is 9.07. The van der Waals surface area contributed by atoms with Crippen LogP contribution in [0.25, 0.3) is 11.2 Å². The van der Waals surface area contributed by atoms with Crippen LogP contribution in [-0.2, 0) is 16.1 Å². The molecule has 32 heavy (non-hydrogen) atoms. The van der Waals surface area contributed by atoms with E-state index in [2.05, 4.69) is 25.9 Å². The Labute approximate surface area is 183 Å². The van der Waals surface area contributed by atoms with Crippen LogP contribution in [0.15, 0.2) is 29.5 Å². The Morgan fingerprint density at radius 1 is 1.16 bits per heavy atom. The van der Waals surface area contributed by atoms with E-state index < -0.39 is 0 Å². The molecule has 0 unspecified atom stereocenters. The van der Waals surface area contributed by atoms with Crippen LogP contribution < -0.4 is 21.5 Å². The van der Waals surface area contributed by atoms with Gasteiger partial charge in [-0.2, -0.15) is 0 Å². The van der Waals surface area contributed by atoms with Gasteiger partial charge in [0.15, 0.2) is 5.65 Å². The summed E-state index contributed by atoms with van der Waals surface area (Å²) in [5.74, 6) is 0.433. The SMILES string of the molecule is CNc1cc2nc3c1ncn3C(=O)NCCOCc1cc(c(=O)n(C3CCOCC3)c1)N2. The van der Waals surface area contributed by atoms with Crippen LogP contribution >= 0.6 is 0 Å². The third-order valence-electron chi connectivity index (χ3n) is 5.73. The Hall–Kier alpha value is -3.44. The topological polar surface area (TPSA) is 124 Å². The molecule has 0 atom stereocenters. The first-order chi connectivity index (χ1) is 15.6. The number of anilines is 3. The van der Waals surface area contributed by atoms with Gasteiger partial charge in [-0.05, 0) is 24.5 Å². The van der Waals surface area contributed by atoms with Gasteiger partial charge in [0.2, 0.25) is 0 Å². The van der Waals surface area contributed by atoms with Crippen molar-refractivity contribution in [3.8, 4) is 0 Å². The van der Waals surface area contributed by atoms with Crippen molar-refractivity contribution in [3.63, 3.8) is 0 Å². The fourth-order valence-corrected chi connectivity index (χ4v) is 4.10. The predicted octanol–water partition coefficient (Wildman–Crippen LogP) is 1.82. The zero-order valence-corrected chi connectivity index (χ0v) is 17.8. The summed E-state index contributed by atoms with van der Waals surface area (Å²) in [4.78, 5) is 34.9. The molecule has 4 bridgehead atoms. The van der Waals surface area contributed by atoms with E-state index in [1.165, 1.54) is 10.9 Å². The highest BCUT2D eigenvalue weighted by Gasteiger charge is 2.21. The first-order valence-corrected chi connectivity index (χ1v) is 10.7. The third-order valence-corrected chi connectivity index (χ3v) is 5.73. The van der Waals surface area contributed by atoms with Gasteiger partial charge in [-0.25, -0.2) is 19.3 Å². The molecule has 3 aromatic rings. The van der Waals surface area contributed by atoms with Crippen molar-refractivity contribution in [2.45, 2.75) is 25.5 Å². The highest BCUT2D eigenvalue weighted by atomic mass is 16.5. The fourth-order valence-electron chi connectivity index (χ4n) is 4.10. The van der Waals surface area contributed by atoms with Crippen LogP contribution in [0.2, 0.25) is 0 Å². The maximum absolute atomic E-state index is 13.3. The second-order valence-corrected chi connectivity index (χ2v) is 7.82. The van der Waals surface area contributed by atoms with Crippen molar-refractivity contribution >= 4 is 34.4 Å². The Bertz CT molecular complexity index is 1210. The van der Waals surface area contributed by atoms with Gasteiger partial charge in [0.05, 0.1) is 18.9 Å². The van der Waals surface area contributed by atoms with Crippen molar-refractivity contribution in [1.29, 1.82) is 0 Å². The van der Waals surface area contributed by atoms with Gasteiger partial charge in [-0.15, -0.1) is 0 Å². The van der Waals surface area contributed by atoms with Gasteiger partial charge < -0.3 is 30.0 Å². The molecule has 5 rings (SSSR count). The van der Waals surface area contributed by atoms with Crippen molar-refractivity contribution in [2.75, 3.05) is 44.0 Å². The molecule has 1 saturated heterocycles. The second-order valence-electron chi connectivity index (χ2n) is 7.82. The van der Waals surface area contributed by atoms with Crippen LogP contribution in [0.5, 0.6) is 0 Å². The lowest BCUT2D eigenvalue weighted by atomic mass is 10.1. The quantitative estimate of drug-likeness (QED) is 0.552. The van der Waals surface area contributed by atoms with Crippen molar-refractivity contribution < 1.29 is 14.3 Å². The Kier molecular flexibility index (Phi) is 5.50. The highest BCUT2D eigenvalue weighted by Crippen LogP contribution is 2.26. The van der Waals surface area contributed by atoms with E-state index >= 15 is 0 Å². The van der Waals surface area contributed by atoms with Gasteiger partial charge in [0, 0.05) is 45.1 Å². The molecule has 2 aliphatic heterocycles. The predicted molar refractivity (Wildman–Crippen MR) is 119 cm³/mol. The number of nitrogens with zero attached hydrogens (tertiary/aromatic N) is 4. The van der Waals surface area contributed by atoms with Crippen LogP contribution in [-0.4, -0.2) is 58.5 Å². The summed E-state index contributed by atoms with van der Waals surface area (Å²) < 4.78 is 14.4. The summed E-state index contributed by atoms with van der Waals surface area (Å²) in [5.41, 5.74) is 2.77. The van der Waals surface area contributed by atoms with Crippen molar-refractivity contribution in [3.05, 3.63) is 40.6 Å². The molecule has 0 saturated carbocycles. The average Bonchev–Trinajstić information content (AvgIpc) is 3.24. The first kappa shape index (κ1) is 20.5. The van der Waals surface area contributed by atoms with E-state index in [-0.39, 0.29) is 17.6 Å². The molecule has 3 aromatic heterocycles. The van der Waals surface area contributed by atoms with Crippen LogP contribution in [0.3, 0.4) is 0 Å². The summed E-state index contributed by atoms with van der Waals surface area (Å²) >= 11 is 0. The van der Waals surface area contributed by atoms with E-state index in [1.54, 1.807) is 23.7 Å². The van der Waals surface area contributed by atoms with Gasteiger partial charge in [0.1, 0.15) is 23.3 Å². The molecule has 11 heteroatoms. The van der Waals surface area contributed by atoms with Gasteiger partial charge in [0.25, 0.3) is 5.56 Å². The van der Waals surface area contributed by atoms with Gasteiger partial charge >= 0.3 is 6.03 Å². The lowest BCUT2D eigenvalue weighted by molar-refractivity contribution is 0.0683. The Balaban J connectivity index is 1.64. The number of carbonyl (C=O) groups excluding carboxylic acids is 1. The maximum atomic E-state index is 13.3. The maximum Gasteiger partial charge on any atom is 0.328 e. The molecule has 1 fully saturated rings. The zero-order chi connectivity index (χ0) is 22.1. The van der Waals surface area contributed by atoms with E-state index in [9.17, 15) is 9.59 Å². The third kappa shape index (κ3) is 3.80. The number of pyridine rings is 2. The largest absolute Gasteiger partial charge is 0.386 e. The van der Waals surface area contributed by atoms with Gasteiger partial charge in [-0.3, -0.25) is 4.79 Å². The number of fused-ring (bicyclic) bond motifs is 3. The summed E-state index contributed by atoms with van der Waals surface area (Å²) in [6, 6.07) is 3.29. The fraction of sp³-hybridized carbons (Fsp3) is 0.429. The molecule has 5 heterocycles. The smallest absolute Gasteiger partial charge is 0.328 e. The molecule has 1 amide bonds. The zero-order valence-electron chi connectivity index (χ0n) is 17.8. The molecular weight excluding hydrogens is 414 g/mol. The number of imidazole rings is 1. The molecule has 0 aromatic carbocycles. The highest BCUT2D eigenvalue weighted by molar-refractivity contribution is 5.94. The number of nitrogens with one attached hydrogen (secondary N) is 3. The van der Waals surface area contributed by atoms with E-state index in [4.69, 9.17) is 9.47 Å². The molecule has 2 aliphatic rings. The number of ether oxygens (including phenoxy) is 2. The van der Waals surface area contributed by atoms with E-state index in [0.717, 1.165) is 18.4 Å².